The molecule has 1 saturated carbocycles. The molecule has 1 aliphatic carbocycles. The van der Waals surface area contributed by atoms with Gasteiger partial charge in [-0.25, -0.2) is 9.59 Å². The average Bonchev–Trinajstić information content (AvgIpc) is 2.56. The third kappa shape index (κ3) is 5.29. The highest BCUT2D eigenvalue weighted by atomic mass is 16.4. The number of primary amides is 1. The molecule has 2 rings (SSSR count). The smallest absolute Gasteiger partial charge is 0.414 e. The number of nitrogens with two attached hydrogens (primary N) is 1. The molecule has 2 unspecified atom stereocenters. The van der Waals surface area contributed by atoms with Gasteiger partial charge in [-0.1, -0.05) is 20.8 Å². The van der Waals surface area contributed by atoms with Crippen LogP contribution >= 0.6 is 0 Å². The minimum absolute atomic E-state index is 0.175. The molecule has 1 heterocycles. The second-order valence-electron chi connectivity index (χ2n) is 7.51. The van der Waals surface area contributed by atoms with E-state index in [9.17, 15) is 4.79 Å². The molecule has 1 saturated heterocycles. The van der Waals surface area contributed by atoms with Crippen LogP contribution in [-0.4, -0.2) is 52.1 Å². The van der Waals surface area contributed by atoms with Crippen LogP contribution in [0.4, 0.5) is 0 Å². The maximum absolute atomic E-state index is 10.9. The second kappa shape index (κ2) is 6.64. The minimum Gasteiger partial charge on any atom is -0.473 e. The van der Waals surface area contributed by atoms with Gasteiger partial charge in [0, 0.05) is 25.6 Å². The fourth-order valence-electron chi connectivity index (χ4n) is 4.09. The Morgan fingerprint density at radius 3 is 2.14 bits per heavy atom. The molecule has 2 atom stereocenters. The maximum Gasteiger partial charge on any atom is 0.414 e. The highest BCUT2D eigenvalue weighted by Crippen LogP contribution is 2.52. The van der Waals surface area contributed by atoms with Crippen LogP contribution in [-0.2, 0) is 14.4 Å². The van der Waals surface area contributed by atoms with Crippen LogP contribution in [0.5, 0.6) is 0 Å². The SMILES string of the molecule is CC1(C)CC2CC(C)(CN2CCC(N)=O)C1.O=C(O)C(=O)O. The molecule has 2 aliphatic rings. The van der Waals surface area contributed by atoms with Gasteiger partial charge in [-0.15, -0.1) is 0 Å². The predicted molar refractivity (Wildman–Crippen MR) is 80.2 cm³/mol. The van der Waals surface area contributed by atoms with Crippen molar-refractivity contribution in [2.75, 3.05) is 13.1 Å². The van der Waals surface area contributed by atoms with Gasteiger partial charge in [-0.05, 0) is 30.1 Å². The second-order valence-corrected chi connectivity index (χ2v) is 7.51. The Hall–Kier alpha value is -1.63. The maximum atomic E-state index is 10.9. The van der Waals surface area contributed by atoms with E-state index < -0.39 is 11.9 Å². The first kappa shape index (κ1) is 18.4. The highest BCUT2D eigenvalue weighted by molar-refractivity contribution is 6.27. The Morgan fingerprint density at radius 1 is 1.14 bits per heavy atom. The molecule has 2 bridgehead atoms. The lowest BCUT2D eigenvalue weighted by Gasteiger charge is -2.39. The summed E-state index contributed by atoms with van der Waals surface area (Å²) >= 11 is 0. The molecule has 1 aliphatic heterocycles. The summed E-state index contributed by atoms with van der Waals surface area (Å²) in [5.74, 6) is -3.82. The molecule has 22 heavy (non-hydrogen) atoms. The van der Waals surface area contributed by atoms with Gasteiger partial charge in [-0.2, -0.15) is 0 Å². The molecule has 7 heteroatoms. The molecule has 0 radical (unpaired) electrons. The van der Waals surface area contributed by atoms with Crippen LogP contribution < -0.4 is 5.73 Å². The quantitative estimate of drug-likeness (QED) is 0.666. The van der Waals surface area contributed by atoms with E-state index in [1.165, 1.54) is 19.3 Å². The molecule has 7 nitrogen and oxygen atoms in total. The molecule has 4 N–H and O–H groups in total. The Kier molecular flexibility index (Phi) is 5.56. The summed E-state index contributed by atoms with van der Waals surface area (Å²) in [7, 11) is 0. The van der Waals surface area contributed by atoms with Gasteiger partial charge < -0.3 is 15.9 Å². The third-order valence-electron chi connectivity index (χ3n) is 4.35. The van der Waals surface area contributed by atoms with Crippen molar-refractivity contribution >= 4 is 17.8 Å². The number of hydrogen-bond acceptors (Lipinski definition) is 4. The van der Waals surface area contributed by atoms with Crippen molar-refractivity contribution in [1.82, 2.24) is 4.90 Å². The summed E-state index contributed by atoms with van der Waals surface area (Å²) < 4.78 is 0. The van der Waals surface area contributed by atoms with Crippen LogP contribution in [0.2, 0.25) is 0 Å². The zero-order valence-corrected chi connectivity index (χ0v) is 13.5. The molecule has 0 aromatic carbocycles. The Balaban J connectivity index is 0.000000346. The molecular weight excluding hydrogens is 288 g/mol. The standard InChI is InChI=1S/C13H24N2O.C2H2O4/c1-12(2)6-10-7-13(3,8-12)9-15(10)5-4-11(14)16;3-1(4)2(5)6/h10H,4-9H2,1-3H3,(H2,14,16);(H,3,4)(H,5,6). The molecule has 0 aromatic heterocycles. The number of carbonyl (C=O) groups is 3. The fourth-order valence-corrected chi connectivity index (χ4v) is 4.09. The first-order valence-corrected chi connectivity index (χ1v) is 7.43. The van der Waals surface area contributed by atoms with Crippen molar-refractivity contribution in [3.8, 4) is 0 Å². The summed E-state index contributed by atoms with van der Waals surface area (Å²) in [6.07, 6.45) is 4.38. The average molecular weight is 314 g/mol. The first-order valence-electron chi connectivity index (χ1n) is 7.43. The van der Waals surface area contributed by atoms with Crippen molar-refractivity contribution in [1.29, 1.82) is 0 Å². The Labute approximate surface area is 130 Å². The van der Waals surface area contributed by atoms with E-state index in [0.29, 0.717) is 23.3 Å². The molecule has 2 fully saturated rings. The van der Waals surface area contributed by atoms with E-state index in [-0.39, 0.29) is 5.91 Å². The number of aliphatic carboxylic acids is 2. The normalized spacial score (nSPS) is 29.3. The summed E-state index contributed by atoms with van der Waals surface area (Å²) in [5, 5.41) is 14.8. The number of nitrogens with zero attached hydrogens (tertiary/aromatic N) is 1. The zero-order valence-electron chi connectivity index (χ0n) is 13.5. The van der Waals surface area contributed by atoms with Crippen LogP contribution in [0.15, 0.2) is 0 Å². The number of amides is 1. The number of rotatable bonds is 3. The highest BCUT2D eigenvalue weighted by Gasteiger charge is 2.49. The molecule has 126 valence electrons. The number of hydrogen-bond donors (Lipinski definition) is 3. The van der Waals surface area contributed by atoms with Gasteiger partial charge in [0.15, 0.2) is 0 Å². The topological polar surface area (TPSA) is 121 Å². The first-order chi connectivity index (χ1) is 9.94. The van der Waals surface area contributed by atoms with Gasteiger partial charge in [0.05, 0.1) is 0 Å². The van der Waals surface area contributed by atoms with Crippen molar-refractivity contribution in [3.05, 3.63) is 0 Å². The van der Waals surface area contributed by atoms with Crippen LogP contribution in [0, 0.1) is 10.8 Å². The predicted octanol–water partition coefficient (Wildman–Crippen LogP) is 0.918. The van der Waals surface area contributed by atoms with Gasteiger partial charge in [0.25, 0.3) is 0 Å². The molecular formula is C15H26N2O5. The van der Waals surface area contributed by atoms with Gasteiger partial charge in [-0.3, -0.25) is 9.69 Å². The minimum atomic E-state index is -1.82. The zero-order chi connectivity index (χ0) is 17.1. The van der Waals surface area contributed by atoms with Crippen molar-refractivity contribution in [2.24, 2.45) is 16.6 Å². The van der Waals surface area contributed by atoms with Crippen LogP contribution in [0.1, 0.15) is 46.5 Å². The Bertz CT molecular complexity index is 451. The number of carboxylic acids is 2. The van der Waals surface area contributed by atoms with E-state index in [4.69, 9.17) is 25.5 Å². The number of fused-ring (bicyclic) bond motifs is 2. The monoisotopic (exact) mass is 314 g/mol. The van der Waals surface area contributed by atoms with E-state index in [0.717, 1.165) is 13.1 Å². The molecule has 0 aromatic rings. The van der Waals surface area contributed by atoms with Gasteiger partial charge in [0.2, 0.25) is 5.91 Å². The summed E-state index contributed by atoms with van der Waals surface area (Å²) in [5.41, 5.74) is 6.15. The summed E-state index contributed by atoms with van der Waals surface area (Å²) in [6, 6.07) is 0.674. The lowest BCUT2D eigenvalue weighted by Crippen LogP contribution is -2.35. The van der Waals surface area contributed by atoms with Gasteiger partial charge in [0.1, 0.15) is 0 Å². The fraction of sp³-hybridized carbons (Fsp3) is 0.800. The van der Waals surface area contributed by atoms with E-state index >= 15 is 0 Å². The van der Waals surface area contributed by atoms with E-state index in [1.807, 2.05) is 0 Å². The summed E-state index contributed by atoms with van der Waals surface area (Å²) in [4.78, 5) is 31.5. The van der Waals surface area contributed by atoms with E-state index in [2.05, 4.69) is 25.7 Å². The van der Waals surface area contributed by atoms with Crippen molar-refractivity contribution < 1.29 is 24.6 Å². The number of likely N-dealkylation sites (tertiary alicyclic amines) is 1. The van der Waals surface area contributed by atoms with Crippen molar-refractivity contribution in [2.45, 2.75) is 52.5 Å². The number of carbonyl (C=O) groups excluding carboxylic acids is 1. The van der Waals surface area contributed by atoms with Gasteiger partial charge >= 0.3 is 11.9 Å². The molecule has 0 spiro atoms. The lowest BCUT2D eigenvalue weighted by atomic mass is 9.65. The lowest BCUT2D eigenvalue weighted by molar-refractivity contribution is -0.159. The molecule has 1 amide bonds. The van der Waals surface area contributed by atoms with E-state index in [1.54, 1.807) is 0 Å². The van der Waals surface area contributed by atoms with Crippen LogP contribution in [0.25, 0.3) is 0 Å². The largest absolute Gasteiger partial charge is 0.473 e. The van der Waals surface area contributed by atoms with Crippen molar-refractivity contribution in [3.63, 3.8) is 0 Å². The summed E-state index contributed by atoms with van der Waals surface area (Å²) in [6.45, 7) is 9.13. The number of carboxylic acid groups (broad SMARTS) is 2. The Morgan fingerprint density at radius 2 is 1.68 bits per heavy atom. The van der Waals surface area contributed by atoms with Crippen LogP contribution in [0.3, 0.4) is 0 Å². The third-order valence-corrected chi connectivity index (χ3v) is 4.35.